The van der Waals surface area contributed by atoms with Crippen molar-refractivity contribution in [1.82, 2.24) is 9.88 Å². The highest BCUT2D eigenvalue weighted by atomic mass is 19.4. The summed E-state index contributed by atoms with van der Waals surface area (Å²) in [7, 11) is 0. The molecule has 1 aromatic heterocycles. The summed E-state index contributed by atoms with van der Waals surface area (Å²) in [5.74, 6) is -1.73. The Bertz CT molecular complexity index is 870. The van der Waals surface area contributed by atoms with Crippen LogP contribution in [0.4, 0.5) is 28.0 Å². The number of anilines is 1. The Kier molecular flexibility index (Phi) is 4.73. The van der Waals surface area contributed by atoms with E-state index in [1.54, 1.807) is 0 Å². The topological polar surface area (TPSA) is 62.7 Å². The third-order valence-corrected chi connectivity index (χ3v) is 3.95. The van der Waals surface area contributed by atoms with E-state index in [1.807, 2.05) is 0 Å². The molecule has 1 aliphatic rings. The van der Waals surface area contributed by atoms with Gasteiger partial charge in [0, 0.05) is 12.7 Å². The van der Waals surface area contributed by atoms with Crippen LogP contribution in [0.5, 0.6) is 5.75 Å². The number of alkyl halides is 3. The lowest BCUT2D eigenvalue weighted by Crippen LogP contribution is -2.33. The van der Waals surface area contributed by atoms with Crippen molar-refractivity contribution in [3.63, 3.8) is 0 Å². The van der Waals surface area contributed by atoms with Crippen LogP contribution >= 0.6 is 0 Å². The lowest BCUT2D eigenvalue weighted by atomic mass is 10.2. The van der Waals surface area contributed by atoms with Crippen LogP contribution in [-0.2, 0) is 11.3 Å². The van der Waals surface area contributed by atoms with Crippen LogP contribution in [0, 0.1) is 5.95 Å². The second-order valence-electron chi connectivity index (χ2n) is 5.79. The molecule has 142 valence electrons. The van der Waals surface area contributed by atoms with E-state index in [1.165, 1.54) is 36.2 Å². The molecule has 0 N–H and O–H groups in total. The predicted molar refractivity (Wildman–Crippen MR) is 85.2 cm³/mol. The molecule has 1 unspecified atom stereocenters. The van der Waals surface area contributed by atoms with Gasteiger partial charge in [0.25, 0.3) is 5.91 Å². The summed E-state index contributed by atoms with van der Waals surface area (Å²) in [6, 6.07) is 5.56. The van der Waals surface area contributed by atoms with Crippen molar-refractivity contribution in [2.45, 2.75) is 25.9 Å². The molecule has 1 aliphatic heterocycles. The maximum Gasteiger partial charge on any atom is 0.573 e. The lowest BCUT2D eigenvalue weighted by molar-refractivity contribution is -0.274. The van der Waals surface area contributed by atoms with Crippen molar-refractivity contribution in [1.29, 1.82) is 0 Å². The summed E-state index contributed by atoms with van der Waals surface area (Å²) in [4.78, 5) is 30.6. The fourth-order valence-corrected chi connectivity index (χ4v) is 2.69. The minimum atomic E-state index is -4.84. The number of rotatable bonds is 4. The van der Waals surface area contributed by atoms with Crippen LogP contribution in [0.3, 0.4) is 0 Å². The zero-order valence-corrected chi connectivity index (χ0v) is 13.9. The van der Waals surface area contributed by atoms with Gasteiger partial charge in [0.15, 0.2) is 0 Å². The van der Waals surface area contributed by atoms with Crippen molar-refractivity contribution >= 4 is 17.6 Å². The first kappa shape index (κ1) is 18.6. The first-order valence-electron chi connectivity index (χ1n) is 7.76. The second kappa shape index (κ2) is 6.86. The van der Waals surface area contributed by atoms with Crippen molar-refractivity contribution in [3.8, 4) is 5.75 Å². The number of carbonyl (C=O) groups is 2. The van der Waals surface area contributed by atoms with Gasteiger partial charge in [-0.3, -0.25) is 4.79 Å². The van der Waals surface area contributed by atoms with Crippen LogP contribution in [0.25, 0.3) is 0 Å². The van der Waals surface area contributed by atoms with Gasteiger partial charge < -0.3 is 9.64 Å². The van der Waals surface area contributed by atoms with Gasteiger partial charge in [0.1, 0.15) is 11.8 Å². The highest BCUT2D eigenvalue weighted by Gasteiger charge is 2.43. The molecule has 6 nitrogen and oxygen atoms in total. The molecule has 0 spiro atoms. The van der Waals surface area contributed by atoms with Crippen molar-refractivity contribution in [2.24, 2.45) is 0 Å². The smallest absolute Gasteiger partial charge is 0.406 e. The number of hydrogen-bond acceptors (Lipinski definition) is 4. The number of nitrogens with zero attached hydrogens (tertiary/aromatic N) is 3. The summed E-state index contributed by atoms with van der Waals surface area (Å²) >= 11 is 0. The zero-order valence-electron chi connectivity index (χ0n) is 13.9. The molecule has 1 atom stereocenters. The van der Waals surface area contributed by atoms with Gasteiger partial charge in [-0.15, -0.1) is 13.2 Å². The first-order chi connectivity index (χ1) is 12.7. The molecule has 0 radical (unpaired) electrons. The minimum absolute atomic E-state index is 0.0169. The summed E-state index contributed by atoms with van der Waals surface area (Å²) in [5.41, 5.74) is 0.557. The number of ether oxygens (including phenoxy) is 1. The number of halogens is 4. The molecule has 3 rings (SSSR count). The number of imide groups is 1. The monoisotopic (exact) mass is 383 g/mol. The number of pyridine rings is 1. The van der Waals surface area contributed by atoms with Gasteiger partial charge in [-0.1, -0.05) is 0 Å². The average Bonchev–Trinajstić information content (AvgIpc) is 2.78. The van der Waals surface area contributed by atoms with Crippen LogP contribution < -0.4 is 9.64 Å². The molecule has 0 bridgehead atoms. The van der Waals surface area contributed by atoms with Gasteiger partial charge in [-0.25, -0.2) is 14.7 Å². The maximum absolute atomic E-state index is 13.2. The summed E-state index contributed by atoms with van der Waals surface area (Å²) in [5, 5.41) is 0. The Labute approximate surface area is 151 Å². The SMILES string of the molecule is CC1C(=O)N(c2ccc(OC(F)(F)F)cc2)C(=O)N1Cc1ccnc(F)c1. The molecule has 10 heteroatoms. The largest absolute Gasteiger partial charge is 0.573 e. The van der Waals surface area contributed by atoms with Gasteiger partial charge in [-0.2, -0.15) is 4.39 Å². The molecule has 27 heavy (non-hydrogen) atoms. The number of urea groups is 1. The van der Waals surface area contributed by atoms with Crippen LogP contribution in [0.2, 0.25) is 0 Å². The van der Waals surface area contributed by atoms with Crippen molar-refractivity contribution in [3.05, 3.63) is 54.1 Å². The van der Waals surface area contributed by atoms with E-state index in [2.05, 4.69) is 9.72 Å². The third kappa shape index (κ3) is 3.99. The standard InChI is InChI=1S/C17H13F4N3O3/c1-10-15(25)24(12-2-4-13(5-3-12)27-17(19,20)21)16(26)23(10)9-11-6-7-22-14(18)8-11/h2-8,10H,9H2,1H3. The van der Waals surface area contributed by atoms with E-state index in [0.29, 0.717) is 5.56 Å². The molecule has 2 heterocycles. The molecule has 1 aromatic carbocycles. The molecule has 1 fully saturated rings. The first-order valence-corrected chi connectivity index (χ1v) is 7.76. The number of aromatic nitrogens is 1. The molecular weight excluding hydrogens is 370 g/mol. The van der Waals surface area contributed by atoms with Crippen molar-refractivity contribution in [2.75, 3.05) is 4.90 Å². The summed E-state index contributed by atoms with van der Waals surface area (Å²) < 4.78 is 53.7. The van der Waals surface area contributed by atoms with Crippen LogP contribution in [-0.4, -0.2) is 34.2 Å². The molecule has 3 amide bonds. The van der Waals surface area contributed by atoms with Gasteiger partial charge >= 0.3 is 12.4 Å². The Morgan fingerprint density at radius 1 is 1.15 bits per heavy atom. The second-order valence-corrected chi connectivity index (χ2v) is 5.79. The average molecular weight is 383 g/mol. The van der Waals surface area contributed by atoms with E-state index < -0.39 is 36.0 Å². The molecule has 0 saturated carbocycles. The highest BCUT2D eigenvalue weighted by molar-refractivity contribution is 6.21. The Morgan fingerprint density at radius 2 is 1.81 bits per heavy atom. The quantitative estimate of drug-likeness (QED) is 0.461. The Hall–Kier alpha value is -3.17. The Morgan fingerprint density at radius 3 is 2.41 bits per heavy atom. The normalized spacial score (nSPS) is 17.6. The van der Waals surface area contributed by atoms with Gasteiger partial charge in [0.2, 0.25) is 5.95 Å². The molecule has 2 aromatic rings. The fraction of sp³-hybridized carbons (Fsp3) is 0.235. The van der Waals surface area contributed by atoms with E-state index in [9.17, 15) is 27.2 Å². The lowest BCUT2D eigenvalue weighted by Gasteiger charge is -2.19. The summed E-state index contributed by atoms with van der Waals surface area (Å²) in [6.45, 7) is 1.50. The van der Waals surface area contributed by atoms with Gasteiger partial charge in [-0.05, 0) is 48.9 Å². The Balaban J connectivity index is 1.80. The molecule has 0 aliphatic carbocycles. The van der Waals surface area contributed by atoms with E-state index in [-0.39, 0.29) is 12.2 Å². The van der Waals surface area contributed by atoms with Crippen LogP contribution in [0.15, 0.2) is 42.6 Å². The molecule has 1 saturated heterocycles. The molecular formula is C17H13F4N3O3. The number of hydrogen-bond donors (Lipinski definition) is 0. The number of carbonyl (C=O) groups excluding carboxylic acids is 2. The fourth-order valence-electron chi connectivity index (χ4n) is 2.69. The highest BCUT2D eigenvalue weighted by Crippen LogP contribution is 2.29. The van der Waals surface area contributed by atoms with E-state index in [4.69, 9.17) is 0 Å². The van der Waals surface area contributed by atoms with E-state index >= 15 is 0 Å². The van der Waals surface area contributed by atoms with Gasteiger partial charge in [0.05, 0.1) is 5.69 Å². The third-order valence-electron chi connectivity index (χ3n) is 3.95. The predicted octanol–water partition coefficient (Wildman–Crippen LogP) is 3.48. The number of benzene rings is 1. The maximum atomic E-state index is 13.2. The van der Waals surface area contributed by atoms with Crippen molar-refractivity contribution < 1.29 is 31.9 Å². The summed E-state index contributed by atoms with van der Waals surface area (Å²) in [6.07, 6.45) is -3.60. The zero-order chi connectivity index (χ0) is 19.8. The van der Waals surface area contributed by atoms with E-state index in [0.717, 1.165) is 23.1 Å². The van der Waals surface area contributed by atoms with Crippen LogP contribution in [0.1, 0.15) is 12.5 Å². The minimum Gasteiger partial charge on any atom is -0.406 e. The number of amides is 3.